The first-order valence-corrected chi connectivity index (χ1v) is 10.9. The maximum absolute atomic E-state index is 13.0. The van der Waals surface area contributed by atoms with Crippen LogP contribution in [0.15, 0.2) is 48.0 Å². The number of ether oxygens (including phenoxy) is 2. The molecule has 0 unspecified atom stereocenters. The number of aliphatic hydroxyl groups excluding tert-OH is 1. The molecule has 0 spiro atoms. The van der Waals surface area contributed by atoms with Crippen LogP contribution in [0.25, 0.3) is 5.76 Å². The molecule has 0 aromatic heterocycles. The lowest BCUT2D eigenvalue weighted by Gasteiger charge is -2.25. The SMILES string of the molecule is COCCN1C(=O)C(=O)/C(=C(/O)c2ccc(OCC(C)C)c(C)c2)[C@@H]1c1cccc([N+](=O)[O-])c1. The van der Waals surface area contributed by atoms with E-state index >= 15 is 0 Å². The van der Waals surface area contributed by atoms with Crippen LogP contribution in [0.4, 0.5) is 5.69 Å². The minimum atomic E-state index is -0.993. The van der Waals surface area contributed by atoms with Crippen molar-refractivity contribution in [3.8, 4) is 5.75 Å². The van der Waals surface area contributed by atoms with Gasteiger partial charge in [0, 0.05) is 31.4 Å². The zero-order chi connectivity index (χ0) is 25.0. The van der Waals surface area contributed by atoms with Crippen LogP contribution in [-0.4, -0.2) is 53.5 Å². The highest BCUT2D eigenvalue weighted by atomic mass is 16.6. The second-order valence-corrected chi connectivity index (χ2v) is 8.52. The summed E-state index contributed by atoms with van der Waals surface area (Å²) in [5.41, 5.74) is 1.13. The van der Waals surface area contributed by atoms with Crippen LogP contribution in [0.1, 0.15) is 36.6 Å². The van der Waals surface area contributed by atoms with E-state index in [9.17, 15) is 24.8 Å². The number of ketones is 1. The van der Waals surface area contributed by atoms with Crippen molar-refractivity contribution in [1.82, 2.24) is 4.90 Å². The van der Waals surface area contributed by atoms with Gasteiger partial charge in [-0.1, -0.05) is 26.0 Å². The number of aryl methyl sites for hydroxylation is 1. The normalized spacial score (nSPS) is 17.4. The van der Waals surface area contributed by atoms with E-state index in [1.54, 1.807) is 24.3 Å². The van der Waals surface area contributed by atoms with Gasteiger partial charge in [0.15, 0.2) is 0 Å². The molecule has 3 rings (SSSR count). The lowest BCUT2D eigenvalue weighted by molar-refractivity contribution is -0.384. The molecule has 0 bridgehead atoms. The Morgan fingerprint density at radius 3 is 2.56 bits per heavy atom. The van der Waals surface area contributed by atoms with E-state index in [2.05, 4.69) is 0 Å². The fourth-order valence-corrected chi connectivity index (χ4v) is 3.83. The summed E-state index contributed by atoms with van der Waals surface area (Å²) in [4.78, 5) is 37.9. The summed E-state index contributed by atoms with van der Waals surface area (Å²) in [5, 5.41) is 22.5. The quantitative estimate of drug-likeness (QED) is 0.194. The molecule has 0 radical (unpaired) electrons. The van der Waals surface area contributed by atoms with Crippen molar-refractivity contribution in [2.75, 3.05) is 26.9 Å². The van der Waals surface area contributed by atoms with Gasteiger partial charge in [0.25, 0.3) is 17.4 Å². The number of hydrogen-bond acceptors (Lipinski definition) is 7. The van der Waals surface area contributed by atoms with Gasteiger partial charge in [-0.3, -0.25) is 19.7 Å². The number of likely N-dealkylation sites (tertiary alicyclic amines) is 1. The average molecular weight is 469 g/mol. The number of benzene rings is 2. The summed E-state index contributed by atoms with van der Waals surface area (Å²) in [5.74, 6) is -1.02. The van der Waals surface area contributed by atoms with Gasteiger partial charge < -0.3 is 19.5 Å². The topological polar surface area (TPSA) is 119 Å². The van der Waals surface area contributed by atoms with E-state index in [1.807, 2.05) is 20.8 Å². The predicted molar refractivity (Wildman–Crippen MR) is 125 cm³/mol. The zero-order valence-corrected chi connectivity index (χ0v) is 19.6. The molecule has 1 amide bonds. The molecule has 1 fully saturated rings. The summed E-state index contributed by atoms with van der Waals surface area (Å²) in [6.45, 7) is 6.65. The standard InChI is InChI=1S/C25H28N2O7/c1-15(2)14-34-20-9-8-18(12-16(20)3)23(28)21-22(17-6-5-7-19(13-17)27(31)32)26(10-11-33-4)25(30)24(21)29/h5-9,12-13,15,22,28H,10-11,14H2,1-4H3/b23-21+/t22-/m0/s1. The third-order valence-electron chi connectivity index (χ3n) is 5.49. The number of aliphatic hydroxyl groups is 1. The van der Waals surface area contributed by atoms with Crippen molar-refractivity contribution in [2.45, 2.75) is 26.8 Å². The Balaban J connectivity index is 2.11. The number of non-ortho nitro benzene ring substituents is 1. The Morgan fingerprint density at radius 2 is 1.94 bits per heavy atom. The van der Waals surface area contributed by atoms with Gasteiger partial charge in [-0.2, -0.15) is 0 Å². The maximum Gasteiger partial charge on any atom is 0.295 e. The van der Waals surface area contributed by atoms with Crippen LogP contribution in [0.3, 0.4) is 0 Å². The van der Waals surface area contributed by atoms with Crippen LogP contribution in [-0.2, 0) is 14.3 Å². The number of amides is 1. The Kier molecular flexibility index (Phi) is 7.68. The lowest BCUT2D eigenvalue weighted by atomic mass is 9.94. The van der Waals surface area contributed by atoms with Crippen LogP contribution < -0.4 is 4.74 Å². The van der Waals surface area contributed by atoms with E-state index in [0.717, 1.165) is 5.56 Å². The smallest absolute Gasteiger partial charge is 0.295 e. The number of nitrogens with zero attached hydrogens (tertiary/aromatic N) is 2. The van der Waals surface area contributed by atoms with Gasteiger partial charge in [-0.15, -0.1) is 0 Å². The summed E-state index contributed by atoms with van der Waals surface area (Å²) in [6.07, 6.45) is 0. The summed E-state index contributed by atoms with van der Waals surface area (Å²) in [7, 11) is 1.46. The first kappa shape index (κ1) is 24.9. The Labute approximate surface area is 197 Å². The molecule has 2 aromatic carbocycles. The molecule has 180 valence electrons. The Hall–Kier alpha value is -3.72. The van der Waals surface area contributed by atoms with E-state index in [1.165, 1.54) is 30.2 Å². The second-order valence-electron chi connectivity index (χ2n) is 8.52. The van der Waals surface area contributed by atoms with Crippen molar-refractivity contribution >= 4 is 23.1 Å². The Morgan fingerprint density at radius 1 is 1.21 bits per heavy atom. The van der Waals surface area contributed by atoms with Crippen LogP contribution in [0.5, 0.6) is 5.75 Å². The van der Waals surface area contributed by atoms with Crippen molar-refractivity contribution in [3.05, 3.63) is 74.8 Å². The summed E-state index contributed by atoms with van der Waals surface area (Å²) in [6, 6.07) is 9.70. The van der Waals surface area contributed by atoms with Crippen molar-refractivity contribution in [2.24, 2.45) is 5.92 Å². The molecule has 0 saturated carbocycles. The Bertz CT molecular complexity index is 1140. The molecule has 9 heteroatoms. The molecule has 1 aliphatic rings. The van der Waals surface area contributed by atoms with E-state index < -0.39 is 22.7 Å². The summed E-state index contributed by atoms with van der Waals surface area (Å²) >= 11 is 0. The molecule has 1 aliphatic heterocycles. The van der Waals surface area contributed by atoms with E-state index in [4.69, 9.17) is 9.47 Å². The zero-order valence-electron chi connectivity index (χ0n) is 19.6. The summed E-state index contributed by atoms with van der Waals surface area (Å²) < 4.78 is 10.9. The number of carbonyl (C=O) groups excluding carboxylic acids is 2. The van der Waals surface area contributed by atoms with Crippen molar-refractivity contribution in [1.29, 1.82) is 0 Å². The third kappa shape index (κ3) is 5.09. The van der Waals surface area contributed by atoms with Gasteiger partial charge in [0.1, 0.15) is 11.5 Å². The fourth-order valence-electron chi connectivity index (χ4n) is 3.83. The highest BCUT2D eigenvalue weighted by molar-refractivity contribution is 6.46. The molecular formula is C25H28N2O7. The molecular weight excluding hydrogens is 440 g/mol. The highest BCUT2D eigenvalue weighted by Gasteiger charge is 2.46. The number of nitro benzene ring substituents is 1. The molecule has 0 aliphatic carbocycles. The number of nitro groups is 1. The third-order valence-corrected chi connectivity index (χ3v) is 5.49. The molecule has 1 heterocycles. The van der Waals surface area contributed by atoms with Crippen molar-refractivity contribution < 1.29 is 29.1 Å². The maximum atomic E-state index is 13.0. The minimum Gasteiger partial charge on any atom is -0.507 e. The van der Waals surface area contributed by atoms with Gasteiger partial charge in [0.2, 0.25) is 0 Å². The van der Waals surface area contributed by atoms with Crippen LogP contribution >= 0.6 is 0 Å². The number of methoxy groups -OCH3 is 1. The van der Waals surface area contributed by atoms with Gasteiger partial charge >= 0.3 is 0 Å². The monoisotopic (exact) mass is 468 g/mol. The molecule has 9 nitrogen and oxygen atoms in total. The molecule has 1 atom stereocenters. The number of rotatable bonds is 9. The molecule has 34 heavy (non-hydrogen) atoms. The average Bonchev–Trinajstić information content (AvgIpc) is 3.06. The van der Waals surface area contributed by atoms with E-state index in [0.29, 0.717) is 29.4 Å². The molecule has 1 N–H and O–H groups in total. The number of Topliss-reactive ketones (excluding diaryl/α,β-unsaturated/α-hetero) is 1. The predicted octanol–water partition coefficient (Wildman–Crippen LogP) is 4.01. The highest BCUT2D eigenvalue weighted by Crippen LogP contribution is 2.40. The minimum absolute atomic E-state index is 0.0756. The first-order chi connectivity index (χ1) is 16.1. The van der Waals surface area contributed by atoms with Crippen LogP contribution in [0.2, 0.25) is 0 Å². The largest absolute Gasteiger partial charge is 0.507 e. The molecule has 2 aromatic rings. The number of hydrogen-bond donors (Lipinski definition) is 1. The number of carbonyl (C=O) groups is 2. The molecule has 1 saturated heterocycles. The van der Waals surface area contributed by atoms with E-state index in [-0.39, 0.29) is 30.2 Å². The lowest BCUT2D eigenvalue weighted by Crippen LogP contribution is -2.32. The van der Waals surface area contributed by atoms with Gasteiger partial charge in [-0.05, 0) is 42.2 Å². The van der Waals surface area contributed by atoms with Crippen LogP contribution in [0, 0.1) is 23.0 Å². The first-order valence-electron chi connectivity index (χ1n) is 10.9. The second kappa shape index (κ2) is 10.5. The van der Waals surface area contributed by atoms with Crippen molar-refractivity contribution in [3.63, 3.8) is 0 Å². The fraction of sp³-hybridized carbons (Fsp3) is 0.360. The van der Waals surface area contributed by atoms with Gasteiger partial charge in [0.05, 0.1) is 29.8 Å². The van der Waals surface area contributed by atoms with Gasteiger partial charge in [-0.25, -0.2) is 0 Å².